The van der Waals surface area contributed by atoms with E-state index in [1.807, 2.05) is 24.3 Å². The van der Waals surface area contributed by atoms with E-state index >= 15 is 0 Å². The van der Waals surface area contributed by atoms with Crippen molar-refractivity contribution in [2.45, 2.75) is 5.16 Å². The topological polar surface area (TPSA) is 96.9 Å². The van der Waals surface area contributed by atoms with Crippen molar-refractivity contribution in [1.82, 2.24) is 9.97 Å². The number of hydrogen-bond acceptors (Lipinski definition) is 9. The van der Waals surface area contributed by atoms with Gasteiger partial charge < -0.3 is 24.6 Å². The highest BCUT2D eigenvalue weighted by atomic mass is 32.2. The van der Waals surface area contributed by atoms with Crippen molar-refractivity contribution in [3.8, 4) is 5.75 Å². The molecule has 1 aliphatic heterocycles. The number of piperazine rings is 1. The van der Waals surface area contributed by atoms with E-state index in [9.17, 15) is 9.59 Å². The van der Waals surface area contributed by atoms with Crippen molar-refractivity contribution in [3.05, 3.63) is 66.4 Å². The molecule has 1 aromatic heterocycles. The number of para-hydroxylation sites is 1. The molecule has 0 radical (unpaired) electrons. The average Bonchev–Trinajstić information content (AvgIpc) is 2.92. The van der Waals surface area contributed by atoms with Gasteiger partial charge >= 0.3 is 5.97 Å². The molecule has 182 valence electrons. The summed E-state index contributed by atoms with van der Waals surface area (Å²) in [5, 5.41) is 3.28. The van der Waals surface area contributed by atoms with Crippen LogP contribution in [0.5, 0.6) is 5.75 Å². The van der Waals surface area contributed by atoms with Gasteiger partial charge in [0.15, 0.2) is 5.16 Å². The predicted molar refractivity (Wildman–Crippen MR) is 137 cm³/mol. The van der Waals surface area contributed by atoms with E-state index in [1.165, 1.54) is 18.9 Å². The largest absolute Gasteiger partial charge is 0.497 e. The number of esters is 1. The molecule has 1 fully saturated rings. The van der Waals surface area contributed by atoms with Gasteiger partial charge in [-0.3, -0.25) is 4.79 Å². The highest BCUT2D eigenvalue weighted by Gasteiger charge is 2.20. The maximum atomic E-state index is 12.5. The Kier molecular flexibility index (Phi) is 8.04. The molecule has 0 atom stereocenters. The maximum absolute atomic E-state index is 12.5. The van der Waals surface area contributed by atoms with Crippen LogP contribution in [0.25, 0.3) is 0 Å². The molecule has 0 aliphatic carbocycles. The van der Waals surface area contributed by atoms with E-state index in [0.717, 1.165) is 43.4 Å². The molecule has 35 heavy (non-hydrogen) atoms. The molecule has 3 aromatic rings. The van der Waals surface area contributed by atoms with Gasteiger partial charge in [-0.1, -0.05) is 30.0 Å². The highest BCUT2D eigenvalue weighted by Crippen LogP contribution is 2.24. The normalized spacial score (nSPS) is 13.3. The van der Waals surface area contributed by atoms with Gasteiger partial charge in [0.05, 0.1) is 31.2 Å². The fourth-order valence-corrected chi connectivity index (χ4v) is 4.40. The van der Waals surface area contributed by atoms with Crippen LogP contribution in [0.2, 0.25) is 0 Å². The van der Waals surface area contributed by atoms with E-state index < -0.39 is 5.97 Å². The smallest absolute Gasteiger partial charge is 0.339 e. The van der Waals surface area contributed by atoms with Crippen molar-refractivity contribution in [3.63, 3.8) is 0 Å². The second-order valence-electron chi connectivity index (χ2n) is 7.75. The Hall–Kier alpha value is -3.79. The first-order valence-corrected chi connectivity index (χ1v) is 12.1. The van der Waals surface area contributed by atoms with Crippen LogP contribution in [0.1, 0.15) is 10.4 Å². The molecule has 1 amide bonds. The van der Waals surface area contributed by atoms with Crippen LogP contribution < -0.4 is 19.9 Å². The summed E-state index contributed by atoms with van der Waals surface area (Å²) in [7, 11) is 2.98. The Morgan fingerprint density at radius 3 is 2.54 bits per heavy atom. The molecule has 2 heterocycles. The van der Waals surface area contributed by atoms with Crippen molar-refractivity contribution in [1.29, 1.82) is 0 Å². The number of thioether (sulfide) groups is 1. The van der Waals surface area contributed by atoms with Crippen molar-refractivity contribution in [2.24, 2.45) is 0 Å². The van der Waals surface area contributed by atoms with E-state index in [2.05, 4.69) is 31.2 Å². The first-order chi connectivity index (χ1) is 17.1. The molecular weight excluding hydrogens is 466 g/mol. The summed E-state index contributed by atoms with van der Waals surface area (Å²) < 4.78 is 10.1. The third-order valence-electron chi connectivity index (χ3n) is 5.58. The van der Waals surface area contributed by atoms with E-state index in [1.54, 1.807) is 37.6 Å². The zero-order valence-electron chi connectivity index (χ0n) is 19.6. The molecule has 9 nitrogen and oxygen atoms in total. The van der Waals surface area contributed by atoms with Gasteiger partial charge in [-0.25, -0.2) is 14.8 Å². The molecule has 1 N–H and O–H groups in total. The van der Waals surface area contributed by atoms with E-state index in [-0.39, 0.29) is 11.7 Å². The molecule has 1 saturated heterocycles. The summed E-state index contributed by atoms with van der Waals surface area (Å²) in [6.45, 7) is 3.37. The van der Waals surface area contributed by atoms with Gasteiger partial charge in [0, 0.05) is 44.1 Å². The van der Waals surface area contributed by atoms with Gasteiger partial charge in [0.25, 0.3) is 0 Å². The second-order valence-corrected chi connectivity index (χ2v) is 8.69. The SMILES string of the molecule is COC(=O)c1ccccc1NC(=O)CSc1nccc(N2CCN(c3cccc(OC)c3)CC2)n1. The number of carbonyl (C=O) groups is 2. The zero-order chi connectivity index (χ0) is 24.6. The monoisotopic (exact) mass is 493 g/mol. The minimum absolute atomic E-state index is 0.114. The van der Waals surface area contributed by atoms with Gasteiger partial charge in [0.1, 0.15) is 11.6 Å². The number of nitrogens with one attached hydrogen (secondary N) is 1. The van der Waals surface area contributed by atoms with Crippen LogP contribution in [0.3, 0.4) is 0 Å². The lowest BCUT2D eigenvalue weighted by Crippen LogP contribution is -2.46. The van der Waals surface area contributed by atoms with Crippen molar-refractivity contribution in [2.75, 3.05) is 61.3 Å². The van der Waals surface area contributed by atoms with Crippen LogP contribution in [-0.2, 0) is 9.53 Å². The summed E-state index contributed by atoms with van der Waals surface area (Å²) in [5.41, 5.74) is 1.86. The highest BCUT2D eigenvalue weighted by molar-refractivity contribution is 7.99. The second kappa shape index (κ2) is 11.6. The number of ether oxygens (including phenoxy) is 2. The predicted octanol–water partition coefficient (Wildman–Crippen LogP) is 3.33. The quantitative estimate of drug-likeness (QED) is 0.288. The van der Waals surface area contributed by atoms with Crippen LogP contribution in [0.15, 0.2) is 66.0 Å². The molecule has 0 spiro atoms. The number of methoxy groups -OCH3 is 2. The molecule has 0 bridgehead atoms. The van der Waals surface area contributed by atoms with Gasteiger partial charge in [-0.2, -0.15) is 0 Å². The lowest BCUT2D eigenvalue weighted by molar-refractivity contribution is -0.113. The number of nitrogens with zero attached hydrogens (tertiary/aromatic N) is 4. The molecular formula is C25H27N5O4S. The molecule has 0 unspecified atom stereocenters. The average molecular weight is 494 g/mol. The molecule has 4 rings (SSSR count). The number of amides is 1. The van der Waals surface area contributed by atoms with Gasteiger partial charge in [-0.15, -0.1) is 0 Å². The summed E-state index contributed by atoms with van der Waals surface area (Å²) >= 11 is 1.25. The fourth-order valence-electron chi connectivity index (χ4n) is 3.77. The molecule has 2 aromatic carbocycles. The molecule has 1 aliphatic rings. The summed E-state index contributed by atoms with van der Waals surface area (Å²) in [6.07, 6.45) is 1.71. The van der Waals surface area contributed by atoms with E-state index in [4.69, 9.17) is 9.47 Å². The summed E-state index contributed by atoms with van der Waals surface area (Å²) in [5.74, 6) is 1.04. The first-order valence-electron chi connectivity index (χ1n) is 11.1. The maximum Gasteiger partial charge on any atom is 0.339 e. The van der Waals surface area contributed by atoms with Gasteiger partial charge in [-0.05, 0) is 30.3 Å². The minimum atomic E-state index is -0.504. The lowest BCUT2D eigenvalue weighted by atomic mass is 10.2. The molecule has 0 saturated carbocycles. The van der Waals surface area contributed by atoms with Crippen LogP contribution in [0.4, 0.5) is 17.2 Å². The summed E-state index contributed by atoms with van der Waals surface area (Å²) in [4.78, 5) is 37.9. The van der Waals surface area contributed by atoms with Gasteiger partial charge in [0.2, 0.25) is 5.91 Å². The zero-order valence-corrected chi connectivity index (χ0v) is 20.5. The number of aromatic nitrogens is 2. The third-order valence-corrected chi connectivity index (χ3v) is 6.44. The Bertz CT molecular complexity index is 1180. The van der Waals surface area contributed by atoms with Crippen LogP contribution >= 0.6 is 11.8 Å². The molecule has 10 heteroatoms. The Morgan fingerprint density at radius 2 is 1.77 bits per heavy atom. The Labute approximate surface area is 208 Å². The minimum Gasteiger partial charge on any atom is -0.497 e. The Balaban J connectivity index is 1.32. The number of rotatable bonds is 8. The van der Waals surface area contributed by atoms with Crippen LogP contribution in [0, 0.1) is 0 Å². The van der Waals surface area contributed by atoms with Crippen molar-refractivity contribution < 1.29 is 19.1 Å². The van der Waals surface area contributed by atoms with E-state index in [0.29, 0.717) is 16.4 Å². The number of carbonyl (C=O) groups excluding carboxylic acids is 2. The van der Waals surface area contributed by atoms with Crippen molar-refractivity contribution >= 4 is 40.8 Å². The lowest BCUT2D eigenvalue weighted by Gasteiger charge is -2.36. The number of anilines is 3. The fraction of sp³-hybridized carbons (Fsp3) is 0.280. The van der Waals surface area contributed by atoms with Crippen LogP contribution in [-0.4, -0.2) is 68.0 Å². The number of hydrogen-bond donors (Lipinski definition) is 1. The first kappa shape index (κ1) is 24.3. The standard InChI is InChI=1S/C25H27N5O4S/c1-33-19-7-5-6-18(16-19)29-12-14-30(15-13-29)22-10-11-26-25(28-22)35-17-23(31)27-21-9-4-3-8-20(21)24(32)34-2/h3-11,16H,12-15,17H2,1-2H3,(H,27,31). The summed E-state index contributed by atoms with van der Waals surface area (Å²) in [6, 6.07) is 16.7. The Morgan fingerprint density at radius 1 is 1.00 bits per heavy atom. The third kappa shape index (κ3) is 6.21. The number of benzene rings is 2.